The molecule has 0 spiro atoms. The number of hydrogen-bond donors (Lipinski definition) is 0. The summed E-state index contributed by atoms with van der Waals surface area (Å²) in [4.78, 5) is 14.2. The number of alkyl halides is 3. The van der Waals surface area contributed by atoms with E-state index in [1.807, 2.05) is 4.90 Å². The Labute approximate surface area is 188 Å². The number of hydrogen-bond acceptors (Lipinski definition) is 5. The van der Waals surface area contributed by atoms with Crippen molar-refractivity contribution in [3.63, 3.8) is 0 Å². The summed E-state index contributed by atoms with van der Waals surface area (Å²) in [6, 6.07) is 14.0. The fourth-order valence-corrected chi connectivity index (χ4v) is 5.01. The lowest BCUT2D eigenvalue weighted by Gasteiger charge is -2.37. The van der Waals surface area contributed by atoms with Gasteiger partial charge < -0.3 is 9.80 Å². The highest BCUT2D eigenvalue weighted by Crippen LogP contribution is 2.38. The molecule has 1 aliphatic heterocycles. The van der Waals surface area contributed by atoms with Gasteiger partial charge in [-0.3, -0.25) is 0 Å². The highest BCUT2D eigenvalue weighted by molar-refractivity contribution is 7.17. The van der Waals surface area contributed by atoms with Crippen molar-refractivity contribution in [2.24, 2.45) is 0 Å². The molecule has 5 rings (SSSR count). The highest BCUT2D eigenvalue weighted by Gasteiger charge is 2.31. The topological polar surface area (TPSA) is 32.3 Å². The summed E-state index contributed by atoms with van der Waals surface area (Å²) in [5.41, 5.74) is 3.43. The quantitative estimate of drug-likeness (QED) is 0.379. The third-order valence-electron chi connectivity index (χ3n) is 5.83. The van der Waals surface area contributed by atoms with Crippen molar-refractivity contribution >= 4 is 33.1 Å². The molecule has 3 heterocycles. The van der Waals surface area contributed by atoms with Crippen LogP contribution in [-0.2, 0) is 6.18 Å². The number of rotatable bonds is 3. The molecule has 1 aliphatic rings. The van der Waals surface area contributed by atoms with Crippen LogP contribution in [0.4, 0.5) is 24.7 Å². The lowest BCUT2D eigenvalue weighted by atomic mass is 10.0. The van der Waals surface area contributed by atoms with Gasteiger partial charge in [0.05, 0.1) is 10.9 Å². The van der Waals surface area contributed by atoms with Crippen molar-refractivity contribution in [2.45, 2.75) is 13.1 Å². The summed E-state index contributed by atoms with van der Waals surface area (Å²) in [5, 5.41) is 3.15. The second-order valence-corrected chi connectivity index (χ2v) is 8.77. The molecule has 0 saturated carbocycles. The zero-order chi connectivity index (χ0) is 22.3. The van der Waals surface area contributed by atoms with Crippen molar-refractivity contribution in [3.8, 4) is 11.1 Å². The van der Waals surface area contributed by atoms with E-state index in [0.717, 1.165) is 33.2 Å². The number of benzene rings is 2. The molecule has 164 valence electrons. The molecule has 1 saturated heterocycles. The Balaban J connectivity index is 1.41. The smallest absolute Gasteiger partial charge is 0.368 e. The van der Waals surface area contributed by atoms with Crippen LogP contribution in [0, 0.1) is 6.92 Å². The molecule has 0 radical (unpaired) electrons. The minimum Gasteiger partial charge on any atom is -0.368 e. The number of halogens is 3. The molecular formula is C24H21F3N4S. The zero-order valence-electron chi connectivity index (χ0n) is 17.4. The first-order chi connectivity index (χ1) is 15.4. The van der Waals surface area contributed by atoms with Crippen LogP contribution in [0.15, 0.2) is 60.2 Å². The van der Waals surface area contributed by atoms with Gasteiger partial charge in [0.1, 0.15) is 17.0 Å². The van der Waals surface area contributed by atoms with Gasteiger partial charge in [-0.2, -0.15) is 13.2 Å². The minimum atomic E-state index is -4.34. The van der Waals surface area contributed by atoms with E-state index in [9.17, 15) is 13.2 Å². The molecule has 0 bridgehead atoms. The standard InChI is InChI=1S/C24H21F3N4S/c1-16-5-7-17(8-6-16)20-14-32-23-21(20)22(28-15-29-23)31-11-9-30(10-12-31)19-4-2-3-18(13-19)24(25,26)27/h2-8,13-15H,9-12H2,1H3. The average molecular weight is 455 g/mol. The van der Waals surface area contributed by atoms with Crippen LogP contribution in [0.3, 0.4) is 0 Å². The van der Waals surface area contributed by atoms with E-state index in [2.05, 4.69) is 51.4 Å². The summed E-state index contributed by atoms with van der Waals surface area (Å²) in [6.45, 7) is 4.65. The maximum Gasteiger partial charge on any atom is 0.416 e. The molecule has 1 fully saturated rings. The second kappa shape index (κ2) is 8.09. The van der Waals surface area contributed by atoms with E-state index >= 15 is 0 Å². The molecule has 8 heteroatoms. The Hall–Kier alpha value is -3.13. The molecule has 2 aromatic carbocycles. The highest BCUT2D eigenvalue weighted by atomic mass is 32.1. The maximum atomic E-state index is 13.1. The van der Waals surface area contributed by atoms with E-state index in [-0.39, 0.29) is 0 Å². The van der Waals surface area contributed by atoms with E-state index in [1.165, 1.54) is 17.7 Å². The summed E-state index contributed by atoms with van der Waals surface area (Å²) in [7, 11) is 0. The Morgan fingerprint density at radius 3 is 2.34 bits per heavy atom. The van der Waals surface area contributed by atoms with Gasteiger partial charge in [0.2, 0.25) is 0 Å². The Bertz CT molecular complexity index is 1240. The van der Waals surface area contributed by atoms with Crippen LogP contribution in [0.1, 0.15) is 11.1 Å². The van der Waals surface area contributed by atoms with E-state index in [4.69, 9.17) is 0 Å². The van der Waals surface area contributed by atoms with Crippen molar-refractivity contribution < 1.29 is 13.2 Å². The van der Waals surface area contributed by atoms with Crippen LogP contribution in [-0.4, -0.2) is 36.1 Å². The number of nitrogens with zero attached hydrogens (tertiary/aromatic N) is 4. The molecule has 4 aromatic rings. The molecular weight excluding hydrogens is 433 g/mol. The van der Waals surface area contributed by atoms with E-state index < -0.39 is 11.7 Å². The number of piperazine rings is 1. The maximum absolute atomic E-state index is 13.1. The molecule has 0 atom stereocenters. The first-order valence-electron chi connectivity index (χ1n) is 10.4. The average Bonchev–Trinajstić information content (AvgIpc) is 3.24. The number of anilines is 2. The molecule has 4 nitrogen and oxygen atoms in total. The van der Waals surface area contributed by atoms with Gasteiger partial charge in [0, 0.05) is 42.8 Å². The summed E-state index contributed by atoms with van der Waals surface area (Å²) in [5.74, 6) is 0.885. The summed E-state index contributed by atoms with van der Waals surface area (Å²) in [6.07, 6.45) is -2.75. The predicted octanol–water partition coefficient (Wildman–Crippen LogP) is 6.01. The third kappa shape index (κ3) is 3.90. The van der Waals surface area contributed by atoms with E-state index in [1.54, 1.807) is 23.7 Å². The normalized spacial score (nSPS) is 14.9. The van der Waals surface area contributed by atoms with Crippen LogP contribution in [0.25, 0.3) is 21.3 Å². The fourth-order valence-electron chi connectivity index (χ4n) is 4.10. The molecule has 0 N–H and O–H groups in total. The van der Waals surface area contributed by atoms with Gasteiger partial charge >= 0.3 is 6.18 Å². The third-order valence-corrected chi connectivity index (χ3v) is 6.72. The number of aryl methyl sites for hydroxylation is 1. The number of fused-ring (bicyclic) bond motifs is 1. The molecule has 32 heavy (non-hydrogen) atoms. The van der Waals surface area contributed by atoms with Crippen LogP contribution >= 0.6 is 11.3 Å². The Kier molecular flexibility index (Phi) is 5.25. The molecule has 0 unspecified atom stereocenters. The summed E-state index contributed by atoms with van der Waals surface area (Å²) >= 11 is 1.60. The van der Waals surface area contributed by atoms with Crippen molar-refractivity contribution in [1.82, 2.24) is 9.97 Å². The van der Waals surface area contributed by atoms with Crippen molar-refractivity contribution in [1.29, 1.82) is 0 Å². The number of aromatic nitrogens is 2. The molecule has 0 amide bonds. The van der Waals surface area contributed by atoms with Gasteiger partial charge in [-0.05, 0) is 30.7 Å². The molecule has 0 aliphatic carbocycles. The molecule has 2 aromatic heterocycles. The predicted molar refractivity (Wildman–Crippen MR) is 123 cm³/mol. The Morgan fingerprint density at radius 1 is 0.906 bits per heavy atom. The van der Waals surface area contributed by atoms with Crippen molar-refractivity contribution in [3.05, 3.63) is 71.4 Å². The van der Waals surface area contributed by atoms with Crippen LogP contribution < -0.4 is 9.80 Å². The largest absolute Gasteiger partial charge is 0.416 e. The van der Waals surface area contributed by atoms with Gasteiger partial charge in [-0.1, -0.05) is 35.9 Å². The second-order valence-electron chi connectivity index (χ2n) is 7.92. The van der Waals surface area contributed by atoms with Gasteiger partial charge in [0.25, 0.3) is 0 Å². The van der Waals surface area contributed by atoms with Crippen LogP contribution in [0.5, 0.6) is 0 Å². The minimum absolute atomic E-state index is 0.600. The lowest BCUT2D eigenvalue weighted by Crippen LogP contribution is -2.47. The fraction of sp³-hybridized carbons (Fsp3) is 0.250. The Morgan fingerprint density at radius 2 is 1.62 bits per heavy atom. The van der Waals surface area contributed by atoms with Gasteiger partial charge in [-0.15, -0.1) is 11.3 Å². The summed E-state index contributed by atoms with van der Waals surface area (Å²) < 4.78 is 39.3. The van der Waals surface area contributed by atoms with Crippen molar-refractivity contribution in [2.75, 3.05) is 36.0 Å². The van der Waals surface area contributed by atoms with Gasteiger partial charge in [-0.25, -0.2) is 9.97 Å². The van der Waals surface area contributed by atoms with Crippen LogP contribution in [0.2, 0.25) is 0 Å². The first kappa shape index (κ1) is 20.8. The van der Waals surface area contributed by atoms with E-state index in [0.29, 0.717) is 31.9 Å². The first-order valence-corrected chi connectivity index (χ1v) is 11.2. The zero-order valence-corrected chi connectivity index (χ0v) is 18.2. The number of thiophene rings is 1. The lowest BCUT2D eigenvalue weighted by molar-refractivity contribution is -0.137. The van der Waals surface area contributed by atoms with Gasteiger partial charge in [0.15, 0.2) is 0 Å². The SMILES string of the molecule is Cc1ccc(-c2csc3ncnc(N4CCN(c5cccc(C(F)(F)F)c5)CC4)c23)cc1. The monoisotopic (exact) mass is 454 g/mol.